The van der Waals surface area contributed by atoms with E-state index in [-0.39, 0.29) is 18.7 Å². The molecule has 0 spiro atoms. The number of hydrogen-bond donors (Lipinski definition) is 2. The maximum Gasteiger partial charge on any atom is 0.407 e. The third-order valence-corrected chi connectivity index (χ3v) is 3.60. The van der Waals surface area contributed by atoms with Crippen molar-refractivity contribution in [2.24, 2.45) is 0 Å². The quantitative estimate of drug-likeness (QED) is 0.881. The van der Waals surface area contributed by atoms with Crippen LogP contribution in [-0.2, 0) is 11.3 Å². The molecule has 1 saturated carbocycles. The lowest BCUT2D eigenvalue weighted by Crippen LogP contribution is -2.42. The number of benzene rings is 1. The van der Waals surface area contributed by atoms with Crippen LogP contribution in [0.1, 0.15) is 38.2 Å². The van der Waals surface area contributed by atoms with E-state index in [9.17, 15) is 9.90 Å². The van der Waals surface area contributed by atoms with Gasteiger partial charge >= 0.3 is 6.09 Å². The fourth-order valence-electron chi connectivity index (χ4n) is 2.32. The summed E-state index contributed by atoms with van der Waals surface area (Å²) in [5.74, 6) is 0. The highest BCUT2D eigenvalue weighted by molar-refractivity contribution is 5.67. The number of amides is 1. The lowest BCUT2D eigenvalue weighted by Gasteiger charge is -2.33. The molecule has 0 bridgehead atoms. The molecule has 1 aromatic rings. The highest BCUT2D eigenvalue weighted by atomic mass is 16.5. The third-order valence-electron chi connectivity index (χ3n) is 3.60. The van der Waals surface area contributed by atoms with Crippen molar-refractivity contribution < 1.29 is 14.6 Å². The van der Waals surface area contributed by atoms with Gasteiger partial charge in [0, 0.05) is 6.04 Å². The van der Waals surface area contributed by atoms with E-state index in [1.807, 2.05) is 37.3 Å². The average Bonchev–Trinajstić information content (AvgIpc) is 2.40. The number of rotatable bonds is 3. The Bertz CT molecular complexity index is 407. The van der Waals surface area contributed by atoms with Crippen molar-refractivity contribution in [2.45, 2.75) is 50.9 Å². The van der Waals surface area contributed by atoms with E-state index in [0.717, 1.165) is 31.2 Å². The molecule has 1 aromatic carbocycles. The second-order valence-electron chi connectivity index (χ2n) is 5.48. The summed E-state index contributed by atoms with van der Waals surface area (Å²) in [4.78, 5) is 11.7. The minimum absolute atomic E-state index is 0.114. The fourth-order valence-corrected chi connectivity index (χ4v) is 2.32. The first-order valence-electron chi connectivity index (χ1n) is 6.75. The molecular weight excluding hydrogens is 242 g/mol. The Morgan fingerprint density at radius 1 is 1.37 bits per heavy atom. The maximum atomic E-state index is 11.7. The molecule has 2 rings (SSSR count). The third kappa shape index (κ3) is 4.56. The zero-order valence-corrected chi connectivity index (χ0v) is 11.3. The summed E-state index contributed by atoms with van der Waals surface area (Å²) >= 11 is 0. The van der Waals surface area contributed by atoms with Crippen molar-refractivity contribution in [3.63, 3.8) is 0 Å². The number of aliphatic hydroxyl groups is 1. The van der Waals surface area contributed by atoms with Crippen molar-refractivity contribution in [3.05, 3.63) is 35.9 Å². The summed E-state index contributed by atoms with van der Waals surface area (Å²) < 4.78 is 5.17. The highest BCUT2D eigenvalue weighted by Crippen LogP contribution is 2.27. The molecule has 4 heteroatoms. The van der Waals surface area contributed by atoms with Crippen LogP contribution >= 0.6 is 0 Å². The molecule has 0 unspecified atom stereocenters. The lowest BCUT2D eigenvalue weighted by atomic mass is 9.84. The molecule has 104 valence electrons. The van der Waals surface area contributed by atoms with E-state index >= 15 is 0 Å². The van der Waals surface area contributed by atoms with Crippen molar-refractivity contribution in [3.8, 4) is 0 Å². The van der Waals surface area contributed by atoms with E-state index in [4.69, 9.17) is 4.74 Å². The van der Waals surface area contributed by atoms with E-state index in [1.54, 1.807) is 0 Å². The highest BCUT2D eigenvalue weighted by Gasteiger charge is 2.29. The van der Waals surface area contributed by atoms with E-state index in [0.29, 0.717) is 0 Å². The smallest absolute Gasteiger partial charge is 0.407 e. The molecule has 0 heterocycles. The van der Waals surface area contributed by atoms with Crippen molar-refractivity contribution >= 4 is 6.09 Å². The van der Waals surface area contributed by atoms with Crippen LogP contribution in [0.15, 0.2) is 30.3 Å². The Hall–Kier alpha value is -1.55. The summed E-state index contributed by atoms with van der Waals surface area (Å²) in [6, 6.07) is 9.72. The molecule has 1 aliphatic carbocycles. The summed E-state index contributed by atoms with van der Waals surface area (Å²) in [5, 5.41) is 12.7. The summed E-state index contributed by atoms with van der Waals surface area (Å²) in [6.07, 6.45) is 2.66. The van der Waals surface area contributed by atoms with Crippen LogP contribution in [-0.4, -0.2) is 22.8 Å². The van der Waals surface area contributed by atoms with E-state index in [1.165, 1.54) is 0 Å². The predicted molar refractivity (Wildman–Crippen MR) is 72.6 cm³/mol. The Morgan fingerprint density at radius 3 is 2.63 bits per heavy atom. The molecule has 0 aromatic heterocycles. The van der Waals surface area contributed by atoms with Gasteiger partial charge in [-0.05, 0) is 38.2 Å². The molecule has 2 N–H and O–H groups in total. The van der Waals surface area contributed by atoms with Gasteiger partial charge < -0.3 is 15.2 Å². The van der Waals surface area contributed by atoms with Gasteiger partial charge in [0.15, 0.2) is 0 Å². The molecule has 0 atom stereocenters. The van der Waals surface area contributed by atoms with Gasteiger partial charge in [0.05, 0.1) is 5.60 Å². The van der Waals surface area contributed by atoms with Crippen LogP contribution in [0.3, 0.4) is 0 Å². The van der Waals surface area contributed by atoms with Gasteiger partial charge in [-0.3, -0.25) is 0 Å². The first-order chi connectivity index (χ1) is 9.05. The first kappa shape index (κ1) is 13.9. The van der Waals surface area contributed by atoms with E-state index in [2.05, 4.69) is 5.32 Å². The molecule has 0 radical (unpaired) electrons. The Kier molecular flexibility index (Phi) is 4.43. The average molecular weight is 263 g/mol. The van der Waals surface area contributed by atoms with Gasteiger partial charge in [0.2, 0.25) is 0 Å². The summed E-state index contributed by atoms with van der Waals surface area (Å²) in [5.41, 5.74) is 0.399. The monoisotopic (exact) mass is 263 g/mol. The molecule has 19 heavy (non-hydrogen) atoms. The van der Waals surface area contributed by atoms with Crippen LogP contribution in [0.2, 0.25) is 0 Å². The fraction of sp³-hybridized carbons (Fsp3) is 0.533. The standard InChI is InChI=1S/C15H21NO3/c1-15(18)9-7-13(8-10-15)16-14(17)19-11-12-5-3-2-4-6-12/h2-6,13,18H,7-11H2,1H3,(H,16,17). The molecule has 1 fully saturated rings. The second-order valence-corrected chi connectivity index (χ2v) is 5.48. The van der Waals surface area contributed by atoms with Gasteiger partial charge in [0.25, 0.3) is 0 Å². The number of nitrogens with one attached hydrogen (secondary N) is 1. The van der Waals surface area contributed by atoms with Gasteiger partial charge in [-0.2, -0.15) is 0 Å². The van der Waals surface area contributed by atoms with Crippen molar-refractivity contribution in [1.29, 1.82) is 0 Å². The van der Waals surface area contributed by atoms with Gasteiger partial charge in [0.1, 0.15) is 6.61 Å². The van der Waals surface area contributed by atoms with Crippen LogP contribution in [0.4, 0.5) is 4.79 Å². The van der Waals surface area contributed by atoms with Gasteiger partial charge in [-0.25, -0.2) is 4.79 Å². The van der Waals surface area contributed by atoms with E-state index < -0.39 is 5.60 Å². The molecule has 4 nitrogen and oxygen atoms in total. The largest absolute Gasteiger partial charge is 0.445 e. The number of carbonyl (C=O) groups excluding carboxylic acids is 1. The topological polar surface area (TPSA) is 58.6 Å². The molecule has 0 saturated heterocycles. The zero-order valence-electron chi connectivity index (χ0n) is 11.3. The second kappa shape index (κ2) is 6.06. The SMILES string of the molecule is CC1(O)CCC(NC(=O)OCc2ccccc2)CC1. The van der Waals surface area contributed by atoms with Crippen molar-refractivity contribution in [1.82, 2.24) is 5.32 Å². The summed E-state index contributed by atoms with van der Waals surface area (Å²) in [6.45, 7) is 2.13. The molecular formula is C15H21NO3. The van der Waals surface area contributed by atoms with Crippen LogP contribution in [0.5, 0.6) is 0 Å². The predicted octanol–water partition coefficient (Wildman–Crippen LogP) is 2.61. The van der Waals surface area contributed by atoms with Crippen molar-refractivity contribution in [2.75, 3.05) is 0 Å². The number of alkyl carbamates (subject to hydrolysis) is 1. The Balaban J connectivity index is 1.70. The van der Waals surface area contributed by atoms with Crippen LogP contribution in [0.25, 0.3) is 0 Å². The first-order valence-corrected chi connectivity index (χ1v) is 6.75. The number of ether oxygens (including phenoxy) is 1. The van der Waals surface area contributed by atoms with Crippen LogP contribution < -0.4 is 5.32 Å². The maximum absolute atomic E-state index is 11.7. The minimum atomic E-state index is -0.577. The Morgan fingerprint density at radius 2 is 2.00 bits per heavy atom. The lowest BCUT2D eigenvalue weighted by molar-refractivity contribution is 0.0135. The minimum Gasteiger partial charge on any atom is -0.445 e. The van der Waals surface area contributed by atoms with Crippen LogP contribution in [0, 0.1) is 0 Å². The van der Waals surface area contributed by atoms with Gasteiger partial charge in [-0.15, -0.1) is 0 Å². The number of hydrogen-bond acceptors (Lipinski definition) is 3. The Labute approximate surface area is 113 Å². The summed E-state index contributed by atoms with van der Waals surface area (Å²) in [7, 11) is 0. The zero-order chi connectivity index (χ0) is 13.7. The van der Waals surface area contributed by atoms with Gasteiger partial charge in [-0.1, -0.05) is 30.3 Å². The number of carbonyl (C=O) groups is 1. The molecule has 0 aliphatic heterocycles. The molecule has 1 amide bonds. The normalized spacial score (nSPS) is 26.7. The molecule has 1 aliphatic rings.